The molecular weight excluding hydrogens is 200 g/mol. The zero-order chi connectivity index (χ0) is 11.8. The van der Waals surface area contributed by atoms with Gasteiger partial charge in [-0.25, -0.2) is 0 Å². The van der Waals surface area contributed by atoms with E-state index >= 15 is 0 Å². The molecule has 0 atom stereocenters. The van der Waals surface area contributed by atoms with Crippen molar-refractivity contribution in [2.45, 2.75) is 58.4 Å². The Balaban J connectivity index is 2.10. The first kappa shape index (κ1) is 13.5. The average Bonchev–Trinajstić information content (AvgIpc) is 2.29. The highest BCUT2D eigenvalue weighted by Crippen LogP contribution is 2.27. The molecule has 1 aliphatic carbocycles. The van der Waals surface area contributed by atoms with Gasteiger partial charge in [0, 0.05) is 12.6 Å². The second kappa shape index (κ2) is 7.66. The maximum Gasteiger partial charge on any atom is 0.233 e. The van der Waals surface area contributed by atoms with Crippen LogP contribution in [0.1, 0.15) is 52.4 Å². The first-order chi connectivity index (χ1) is 7.76. The highest BCUT2D eigenvalue weighted by molar-refractivity contribution is 5.77. The van der Waals surface area contributed by atoms with Crippen molar-refractivity contribution in [2.24, 2.45) is 5.92 Å². The second-order valence-corrected chi connectivity index (χ2v) is 4.84. The van der Waals surface area contributed by atoms with E-state index < -0.39 is 0 Å². The molecule has 0 aliphatic heterocycles. The number of carbonyl (C=O) groups excluding carboxylic acids is 1. The first-order valence-corrected chi connectivity index (χ1v) is 6.76. The van der Waals surface area contributed by atoms with Gasteiger partial charge in [0.2, 0.25) is 5.91 Å². The van der Waals surface area contributed by atoms with Crippen LogP contribution in [0.3, 0.4) is 0 Å². The molecule has 3 heteroatoms. The molecule has 0 radical (unpaired) electrons. The fraction of sp³-hybridized carbons (Fsp3) is 0.923. The summed E-state index contributed by atoms with van der Waals surface area (Å²) in [5, 5.41) is 6.17. The quantitative estimate of drug-likeness (QED) is 0.728. The van der Waals surface area contributed by atoms with Crippen LogP contribution in [0, 0.1) is 5.92 Å². The van der Waals surface area contributed by atoms with Gasteiger partial charge in [0.15, 0.2) is 0 Å². The predicted molar refractivity (Wildman–Crippen MR) is 67.3 cm³/mol. The van der Waals surface area contributed by atoms with Gasteiger partial charge in [0.1, 0.15) is 0 Å². The number of amides is 1. The molecule has 0 saturated heterocycles. The lowest BCUT2D eigenvalue weighted by molar-refractivity contribution is -0.120. The van der Waals surface area contributed by atoms with E-state index in [4.69, 9.17) is 0 Å². The SMILES string of the molecule is CCCC1CCC(NCC(=O)NCC)CC1. The monoisotopic (exact) mass is 226 g/mol. The molecule has 0 unspecified atom stereocenters. The molecule has 16 heavy (non-hydrogen) atoms. The van der Waals surface area contributed by atoms with Crippen LogP contribution in [0.5, 0.6) is 0 Å². The Kier molecular flexibility index (Phi) is 6.46. The van der Waals surface area contributed by atoms with Gasteiger partial charge in [-0.15, -0.1) is 0 Å². The minimum atomic E-state index is 0.123. The third-order valence-corrected chi connectivity index (χ3v) is 3.47. The Hall–Kier alpha value is -0.570. The van der Waals surface area contributed by atoms with Gasteiger partial charge in [-0.3, -0.25) is 4.79 Å². The maximum absolute atomic E-state index is 11.3. The van der Waals surface area contributed by atoms with Crippen LogP contribution in [0.4, 0.5) is 0 Å². The summed E-state index contributed by atoms with van der Waals surface area (Å²) >= 11 is 0. The molecule has 2 N–H and O–H groups in total. The van der Waals surface area contributed by atoms with E-state index in [0.29, 0.717) is 12.6 Å². The molecular formula is C13H26N2O. The van der Waals surface area contributed by atoms with E-state index in [1.165, 1.54) is 38.5 Å². The van der Waals surface area contributed by atoms with Crippen LogP contribution in [-0.4, -0.2) is 25.0 Å². The van der Waals surface area contributed by atoms with Gasteiger partial charge >= 0.3 is 0 Å². The van der Waals surface area contributed by atoms with Crippen molar-refractivity contribution in [3.05, 3.63) is 0 Å². The largest absolute Gasteiger partial charge is 0.355 e. The lowest BCUT2D eigenvalue weighted by atomic mass is 9.83. The number of hydrogen-bond acceptors (Lipinski definition) is 2. The topological polar surface area (TPSA) is 41.1 Å². The molecule has 3 nitrogen and oxygen atoms in total. The maximum atomic E-state index is 11.3. The van der Waals surface area contributed by atoms with Crippen molar-refractivity contribution in [1.82, 2.24) is 10.6 Å². The molecule has 1 rings (SSSR count). The molecule has 1 saturated carbocycles. The molecule has 0 aromatic carbocycles. The molecule has 0 spiro atoms. The average molecular weight is 226 g/mol. The van der Waals surface area contributed by atoms with Crippen LogP contribution in [0.2, 0.25) is 0 Å². The van der Waals surface area contributed by atoms with E-state index in [0.717, 1.165) is 12.5 Å². The highest BCUT2D eigenvalue weighted by Gasteiger charge is 2.20. The van der Waals surface area contributed by atoms with Gasteiger partial charge in [-0.05, 0) is 38.5 Å². The van der Waals surface area contributed by atoms with Crippen LogP contribution >= 0.6 is 0 Å². The van der Waals surface area contributed by atoms with Crippen LogP contribution in [-0.2, 0) is 4.79 Å². The van der Waals surface area contributed by atoms with Crippen molar-refractivity contribution < 1.29 is 4.79 Å². The Morgan fingerprint density at radius 2 is 1.88 bits per heavy atom. The molecule has 0 bridgehead atoms. The number of carbonyl (C=O) groups is 1. The Bertz CT molecular complexity index is 198. The normalized spacial score (nSPS) is 25.4. The third-order valence-electron chi connectivity index (χ3n) is 3.47. The van der Waals surface area contributed by atoms with Crippen molar-refractivity contribution in [3.63, 3.8) is 0 Å². The number of hydrogen-bond donors (Lipinski definition) is 2. The summed E-state index contributed by atoms with van der Waals surface area (Å²) in [5.74, 6) is 1.06. The minimum absolute atomic E-state index is 0.123. The van der Waals surface area contributed by atoms with Gasteiger partial charge in [-0.1, -0.05) is 19.8 Å². The van der Waals surface area contributed by atoms with Gasteiger partial charge in [0.25, 0.3) is 0 Å². The van der Waals surface area contributed by atoms with E-state index in [1.54, 1.807) is 0 Å². The van der Waals surface area contributed by atoms with Gasteiger partial charge in [-0.2, -0.15) is 0 Å². The Labute approximate surface area is 99.4 Å². The molecule has 1 fully saturated rings. The van der Waals surface area contributed by atoms with Crippen LogP contribution in [0.15, 0.2) is 0 Å². The summed E-state index contributed by atoms with van der Waals surface area (Å²) in [6, 6.07) is 0.565. The fourth-order valence-corrected chi connectivity index (χ4v) is 2.56. The summed E-state index contributed by atoms with van der Waals surface area (Å²) in [5.41, 5.74) is 0. The second-order valence-electron chi connectivity index (χ2n) is 4.84. The van der Waals surface area contributed by atoms with Crippen molar-refractivity contribution in [3.8, 4) is 0 Å². The van der Waals surface area contributed by atoms with Crippen molar-refractivity contribution in [2.75, 3.05) is 13.1 Å². The lowest BCUT2D eigenvalue weighted by Crippen LogP contribution is -2.40. The number of rotatable bonds is 6. The van der Waals surface area contributed by atoms with E-state index in [2.05, 4.69) is 17.6 Å². The first-order valence-electron chi connectivity index (χ1n) is 6.76. The molecule has 1 amide bonds. The zero-order valence-corrected chi connectivity index (χ0v) is 10.7. The summed E-state index contributed by atoms with van der Waals surface area (Å²) < 4.78 is 0. The minimum Gasteiger partial charge on any atom is -0.355 e. The zero-order valence-electron chi connectivity index (χ0n) is 10.7. The Morgan fingerprint density at radius 3 is 2.44 bits per heavy atom. The fourth-order valence-electron chi connectivity index (χ4n) is 2.56. The van der Waals surface area contributed by atoms with E-state index in [9.17, 15) is 4.79 Å². The van der Waals surface area contributed by atoms with E-state index in [1.807, 2.05) is 6.92 Å². The van der Waals surface area contributed by atoms with Crippen LogP contribution in [0.25, 0.3) is 0 Å². The predicted octanol–water partition coefficient (Wildman–Crippen LogP) is 2.07. The smallest absolute Gasteiger partial charge is 0.233 e. The van der Waals surface area contributed by atoms with Gasteiger partial charge < -0.3 is 10.6 Å². The summed E-state index contributed by atoms with van der Waals surface area (Å²) in [6.45, 7) is 5.42. The molecule has 1 aliphatic rings. The Morgan fingerprint density at radius 1 is 1.19 bits per heavy atom. The molecule has 94 valence electrons. The number of nitrogens with one attached hydrogen (secondary N) is 2. The molecule has 0 aromatic rings. The summed E-state index contributed by atoms with van der Waals surface area (Å²) in [6.07, 6.45) is 7.83. The van der Waals surface area contributed by atoms with E-state index in [-0.39, 0.29) is 5.91 Å². The van der Waals surface area contributed by atoms with Crippen molar-refractivity contribution in [1.29, 1.82) is 0 Å². The highest BCUT2D eigenvalue weighted by atomic mass is 16.1. The lowest BCUT2D eigenvalue weighted by Gasteiger charge is -2.28. The number of likely N-dealkylation sites (N-methyl/N-ethyl adjacent to an activating group) is 1. The van der Waals surface area contributed by atoms with Crippen LogP contribution < -0.4 is 10.6 Å². The molecule has 0 heterocycles. The van der Waals surface area contributed by atoms with Crippen molar-refractivity contribution >= 4 is 5.91 Å². The standard InChI is InChI=1S/C13H26N2O/c1-3-5-11-6-8-12(9-7-11)15-10-13(16)14-4-2/h11-12,15H,3-10H2,1-2H3,(H,14,16). The summed E-state index contributed by atoms with van der Waals surface area (Å²) in [4.78, 5) is 11.3. The third kappa shape index (κ3) is 4.97. The summed E-state index contributed by atoms with van der Waals surface area (Å²) in [7, 11) is 0. The van der Waals surface area contributed by atoms with Gasteiger partial charge in [0.05, 0.1) is 6.54 Å². The molecule has 0 aromatic heterocycles.